The summed E-state index contributed by atoms with van der Waals surface area (Å²) in [7, 11) is -2.64. The molecule has 0 aliphatic carbocycles. The monoisotopic (exact) mass is 315 g/mol. The Morgan fingerprint density at radius 3 is 2.48 bits per heavy atom. The molecular formula is C12H17N3O5S. The van der Waals surface area contributed by atoms with Gasteiger partial charge in [0, 0.05) is 7.05 Å². The highest BCUT2D eigenvalue weighted by Crippen LogP contribution is 2.24. The molecule has 3 amide bonds. The number of urea groups is 1. The van der Waals surface area contributed by atoms with Crippen molar-refractivity contribution in [2.24, 2.45) is 5.14 Å². The number of carbonyl (C=O) groups excluding carboxylic acids is 2. The Labute approximate surface area is 122 Å². The zero-order valence-electron chi connectivity index (χ0n) is 11.8. The number of hydrogen-bond acceptors (Lipinski definition) is 5. The Bertz CT molecular complexity index is 657. The fourth-order valence-electron chi connectivity index (χ4n) is 1.45. The van der Waals surface area contributed by atoms with Gasteiger partial charge in [-0.1, -0.05) is 6.07 Å². The van der Waals surface area contributed by atoms with Crippen LogP contribution in [0.15, 0.2) is 23.1 Å². The molecule has 0 aliphatic rings. The van der Waals surface area contributed by atoms with Gasteiger partial charge in [0.05, 0.1) is 0 Å². The predicted octanol–water partition coefficient (Wildman–Crippen LogP) is -0.135. The predicted molar refractivity (Wildman–Crippen MR) is 75.2 cm³/mol. The Hall–Kier alpha value is -2.13. The zero-order chi connectivity index (χ0) is 16.2. The lowest BCUT2D eigenvalue weighted by Gasteiger charge is -2.16. The second kappa shape index (κ2) is 6.55. The molecule has 1 aromatic rings. The number of benzene rings is 1. The smallest absolute Gasteiger partial charge is 0.321 e. The molecular weight excluding hydrogens is 298 g/mol. The van der Waals surface area contributed by atoms with Gasteiger partial charge in [0.2, 0.25) is 10.0 Å². The summed E-state index contributed by atoms with van der Waals surface area (Å²) in [5, 5.41) is 9.35. The number of amides is 3. The molecule has 21 heavy (non-hydrogen) atoms. The van der Waals surface area contributed by atoms with Crippen LogP contribution < -0.4 is 20.5 Å². The average molecular weight is 315 g/mol. The minimum Gasteiger partial charge on any atom is -0.479 e. The first kappa shape index (κ1) is 16.9. The van der Waals surface area contributed by atoms with Crippen molar-refractivity contribution in [2.75, 3.05) is 7.05 Å². The maximum atomic E-state index is 11.7. The van der Waals surface area contributed by atoms with E-state index in [0.29, 0.717) is 5.56 Å². The number of rotatable bonds is 4. The normalized spacial score (nSPS) is 12.4. The lowest BCUT2D eigenvalue weighted by Crippen LogP contribution is -2.44. The van der Waals surface area contributed by atoms with Gasteiger partial charge in [-0.2, -0.15) is 0 Å². The number of hydrogen-bond donors (Lipinski definition) is 3. The summed E-state index contributed by atoms with van der Waals surface area (Å²) >= 11 is 0. The van der Waals surface area contributed by atoms with Crippen molar-refractivity contribution in [2.45, 2.75) is 24.8 Å². The number of ether oxygens (including phenoxy) is 1. The van der Waals surface area contributed by atoms with Crippen molar-refractivity contribution in [3.63, 3.8) is 0 Å². The van der Waals surface area contributed by atoms with Crippen molar-refractivity contribution in [1.29, 1.82) is 0 Å². The van der Waals surface area contributed by atoms with Crippen LogP contribution >= 0.6 is 0 Å². The van der Waals surface area contributed by atoms with E-state index < -0.39 is 28.1 Å². The van der Waals surface area contributed by atoms with E-state index in [1.807, 2.05) is 5.32 Å². The molecule has 0 heterocycles. The maximum absolute atomic E-state index is 11.7. The van der Waals surface area contributed by atoms with Gasteiger partial charge in [0.1, 0.15) is 10.6 Å². The number of imide groups is 1. The summed E-state index contributed by atoms with van der Waals surface area (Å²) in [6.07, 6.45) is -1.08. The van der Waals surface area contributed by atoms with Gasteiger partial charge in [-0.15, -0.1) is 0 Å². The molecule has 0 saturated heterocycles. The van der Waals surface area contributed by atoms with Crippen molar-refractivity contribution in [1.82, 2.24) is 10.6 Å². The van der Waals surface area contributed by atoms with Crippen molar-refractivity contribution >= 4 is 22.0 Å². The molecule has 9 heteroatoms. The highest BCUT2D eigenvalue weighted by atomic mass is 32.2. The minimum atomic E-state index is -3.99. The fraction of sp³-hybridized carbons (Fsp3) is 0.333. The third-order valence-corrected chi connectivity index (χ3v) is 3.47. The number of carbonyl (C=O) groups is 2. The molecule has 0 saturated carbocycles. The first-order chi connectivity index (χ1) is 9.65. The van der Waals surface area contributed by atoms with Crippen LogP contribution in [0.4, 0.5) is 4.79 Å². The molecule has 1 rings (SSSR count). The van der Waals surface area contributed by atoms with Crippen LogP contribution in [0, 0.1) is 6.92 Å². The lowest BCUT2D eigenvalue weighted by atomic mass is 10.2. The number of nitrogens with one attached hydrogen (secondary N) is 2. The average Bonchev–Trinajstić information content (AvgIpc) is 2.39. The van der Waals surface area contributed by atoms with E-state index in [0.717, 1.165) is 0 Å². The minimum absolute atomic E-state index is 0.0531. The van der Waals surface area contributed by atoms with Crippen LogP contribution in [0.1, 0.15) is 12.5 Å². The fourth-order valence-corrected chi connectivity index (χ4v) is 2.20. The van der Waals surface area contributed by atoms with Crippen molar-refractivity contribution in [3.05, 3.63) is 23.8 Å². The molecule has 1 unspecified atom stereocenters. The largest absolute Gasteiger partial charge is 0.479 e. The van der Waals surface area contributed by atoms with E-state index in [4.69, 9.17) is 9.88 Å². The van der Waals surface area contributed by atoms with E-state index in [9.17, 15) is 18.0 Å². The molecule has 1 aromatic carbocycles. The SMILES string of the molecule is CNC(=O)NC(=O)C(C)Oc1ccc(C)cc1S(N)(=O)=O. The van der Waals surface area contributed by atoms with E-state index in [1.54, 1.807) is 13.0 Å². The van der Waals surface area contributed by atoms with Crippen LogP contribution in [-0.2, 0) is 14.8 Å². The Balaban J connectivity index is 2.98. The third-order valence-electron chi connectivity index (χ3n) is 2.54. The number of sulfonamides is 1. The molecule has 0 radical (unpaired) electrons. The second-order valence-corrected chi connectivity index (χ2v) is 5.85. The van der Waals surface area contributed by atoms with Gasteiger partial charge in [-0.05, 0) is 31.5 Å². The standard InChI is InChI=1S/C12H17N3O5S/c1-7-4-5-9(10(6-7)21(13,18)19)20-8(2)11(16)15-12(17)14-3/h4-6,8H,1-3H3,(H2,13,18,19)(H2,14,15,16,17). The lowest BCUT2D eigenvalue weighted by molar-refractivity contribution is -0.126. The third kappa shape index (κ3) is 4.72. The maximum Gasteiger partial charge on any atom is 0.321 e. The second-order valence-electron chi connectivity index (χ2n) is 4.32. The van der Waals surface area contributed by atoms with Crippen LogP contribution in [-0.4, -0.2) is 33.5 Å². The van der Waals surface area contributed by atoms with Gasteiger partial charge >= 0.3 is 6.03 Å². The summed E-state index contributed by atoms with van der Waals surface area (Å²) in [6, 6.07) is 3.67. The number of nitrogens with two attached hydrogens (primary N) is 1. The quantitative estimate of drug-likeness (QED) is 0.713. The van der Waals surface area contributed by atoms with Crippen molar-refractivity contribution < 1.29 is 22.7 Å². The number of primary sulfonamides is 1. The highest BCUT2D eigenvalue weighted by molar-refractivity contribution is 7.89. The first-order valence-electron chi connectivity index (χ1n) is 5.98. The molecule has 0 fully saturated rings. The van der Waals surface area contributed by atoms with Crippen LogP contribution in [0.3, 0.4) is 0 Å². The van der Waals surface area contributed by atoms with Gasteiger partial charge in [-0.3, -0.25) is 10.1 Å². The van der Waals surface area contributed by atoms with E-state index in [1.165, 1.54) is 26.1 Å². The highest BCUT2D eigenvalue weighted by Gasteiger charge is 2.21. The van der Waals surface area contributed by atoms with Gasteiger partial charge in [-0.25, -0.2) is 18.4 Å². The van der Waals surface area contributed by atoms with Crippen LogP contribution in [0.2, 0.25) is 0 Å². The van der Waals surface area contributed by atoms with E-state index in [2.05, 4.69) is 5.32 Å². The molecule has 8 nitrogen and oxygen atoms in total. The topological polar surface area (TPSA) is 128 Å². The van der Waals surface area contributed by atoms with Gasteiger partial charge < -0.3 is 10.1 Å². The molecule has 4 N–H and O–H groups in total. The summed E-state index contributed by atoms with van der Waals surface area (Å²) in [5.41, 5.74) is 0.675. The van der Waals surface area contributed by atoms with Crippen LogP contribution in [0.5, 0.6) is 5.75 Å². The molecule has 0 bridgehead atoms. The Kier molecular flexibility index (Phi) is 5.28. The summed E-state index contributed by atoms with van der Waals surface area (Å²) in [4.78, 5) is 22.5. The molecule has 0 spiro atoms. The van der Waals surface area contributed by atoms with E-state index >= 15 is 0 Å². The van der Waals surface area contributed by atoms with Gasteiger partial charge in [0.25, 0.3) is 5.91 Å². The first-order valence-corrected chi connectivity index (χ1v) is 7.52. The van der Waals surface area contributed by atoms with Crippen molar-refractivity contribution in [3.8, 4) is 5.75 Å². The Morgan fingerprint density at radius 1 is 1.33 bits per heavy atom. The van der Waals surface area contributed by atoms with Crippen LogP contribution in [0.25, 0.3) is 0 Å². The summed E-state index contributed by atoms with van der Waals surface area (Å²) in [5.74, 6) is -0.766. The molecule has 1 atom stereocenters. The molecule has 116 valence electrons. The Morgan fingerprint density at radius 2 is 1.95 bits per heavy atom. The van der Waals surface area contributed by atoms with E-state index in [-0.39, 0.29) is 10.6 Å². The zero-order valence-corrected chi connectivity index (χ0v) is 12.7. The van der Waals surface area contributed by atoms with Gasteiger partial charge in [0.15, 0.2) is 6.10 Å². The number of aryl methyl sites for hydroxylation is 1. The molecule has 0 aliphatic heterocycles. The molecule has 0 aromatic heterocycles. The summed E-state index contributed by atoms with van der Waals surface area (Å²) < 4.78 is 28.3. The summed E-state index contributed by atoms with van der Waals surface area (Å²) in [6.45, 7) is 3.07.